The molecule has 2 saturated heterocycles. The molecule has 0 bridgehead atoms. The molecular weight excluding hydrogens is 414 g/mol. The SMILES string of the molecule is O=C(c1ccc(CN2CCCC2)cc1)N1CCO[C@@H](c2cc(F)c(Cl)cc2Cl)C1. The lowest BCUT2D eigenvalue weighted by Crippen LogP contribution is -2.42. The van der Waals surface area contributed by atoms with Crippen molar-refractivity contribution in [2.24, 2.45) is 0 Å². The van der Waals surface area contributed by atoms with Gasteiger partial charge in [-0.3, -0.25) is 9.69 Å². The smallest absolute Gasteiger partial charge is 0.254 e. The zero-order chi connectivity index (χ0) is 20.4. The van der Waals surface area contributed by atoms with E-state index in [9.17, 15) is 9.18 Å². The minimum Gasteiger partial charge on any atom is -0.370 e. The predicted octanol–water partition coefficient (Wildman–Crippen LogP) is 4.94. The Hall–Kier alpha value is -1.66. The van der Waals surface area contributed by atoms with Gasteiger partial charge in [0.2, 0.25) is 0 Å². The average Bonchev–Trinajstić information content (AvgIpc) is 3.24. The van der Waals surface area contributed by atoms with Crippen LogP contribution in [0.3, 0.4) is 0 Å². The fourth-order valence-corrected chi connectivity index (χ4v) is 4.45. The Labute approximate surface area is 180 Å². The number of hydrogen-bond acceptors (Lipinski definition) is 3. The fourth-order valence-electron chi connectivity index (χ4n) is 3.94. The van der Waals surface area contributed by atoms with E-state index < -0.39 is 11.9 Å². The molecule has 2 fully saturated rings. The van der Waals surface area contributed by atoms with Crippen LogP contribution in [-0.4, -0.2) is 48.5 Å². The molecule has 0 aromatic heterocycles. The van der Waals surface area contributed by atoms with Gasteiger partial charge in [-0.15, -0.1) is 0 Å². The highest BCUT2D eigenvalue weighted by atomic mass is 35.5. The van der Waals surface area contributed by atoms with Gasteiger partial charge in [-0.05, 0) is 55.8 Å². The molecule has 0 spiro atoms. The van der Waals surface area contributed by atoms with Gasteiger partial charge < -0.3 is 9.64 Å². The summed E-state index contributed by atoms with van der Waals surface area (Å²) < 4.78 is 19.6. The quantitative estimate of drug-likeness (QED) is 0.636. The standard InChI is InChI=1S/C22H23Cl2FN2O2/c23-18-12-19(24)20(25)11-17(18)21-14-27(9-10-29-21)22(28)16-5-3-15(4-6-16)13-26-7-1-2-8-26/h3-6,11-12,21H,1-2,7-10,13-14H2/t21-/m1/s1. The number of carbonyl (C=O) groups is 1. The van der Waals surface area contributed by atoms with Crippen LogP contribution in [-0.2, 0) is 11.3 Å². The van der Waals surface area contributed by atoms with Gasteiger partial charge in [0.1, 0.15) is 11.9 Å². The zero-order valence-electron chi connectivity index (χ0n) is 16.0. The molecule has 29 heavy (non-hydrogen) atoms. The Bertz CT molecular complexity index is 885. The van der Waals surface area contributed by atoms with Crippen LogP contribution in [0.25, 0.3) is 0 Å². The van der Waals surface area contributed by atoms with Crippen molar-refractivity contribution >= 4 is 29.1 Å². The second kappa shape index (κ2) is 9.00. The maximum atomic E-state index is 13.9. The van der Waals surface area contributed by atoms with Crippen molar-refractivity contribution in [3.8, 4) is 0 Å². The number of halogens is 3. The van der Waals surface area contributed by atoms with E-state index in [1.54, 1.807) is 4.90 Å². The van der Waals surface area contributed by atoms with Crippen LogP contribution in [0.5, 0.6) is 0 Å². The molecule has 2 aromatic carbocycles. The van der Waals surface area contributed by atoms with Crippen LogP contribution in [0, 0.1) is 5.82 Å². The molecule has 4 rings (SSSR count). The van der Waals surface area contributed by atoms with Gasteiger partial charge in [-0.25, -0.2) is 4.39 Å². The second-order valence-corrected chi connectivity index (χ2v) is 8.39. The summed E-state index contributed by atoms with van der Waals surface area (Å²) in [5, 5.41) is 0.304. The Morgan fingerprint density at radius 2 is 1.79 bits per heavy atom. The van der Waals surface area contributed by atoms with Crippen molar-refractivity contribution in [3.05, 3.63) is 69.0 Å². The first-order valence-electron chi connectivity index (χ1n) is 9.88. The molecule has 4 nitrogen and oxygen atoms in total. The molecule has 0 radical (unpaired) electrons. The third-order valence-corrected chi connectivity index (χ3v) is 6.16. The summed E-state index contributed by atoms with van der Waals surface area (Å²) in [6.07, 6.45) is 2.04. The molecule has 7 heteroatoms. The molecule has 0 saturated carbocycles. The van der Waals surface area contributed by atoms with E-state index in [1.165, 1.54) is 30.5 Å². The molecule has 2 aromatic rings. The van der Waals surface area contributed by atoms with Gasteiger partial charge in [0.05, 0.1) is 18.2 Å². The van der Waals surface area contributed by atoms with Crippen molar-refractivity contribution < 1.29 is 13.9 Å². The summed E-state index contributed by atoms with van der Waals surface area (Å²) in [6, 6.07) is 10.5. The minimum absolute atomic E-state index is 0.0310. The molecule has 2 aliphatic heterocycles. The number of carbonyl (C=O) groups excluding carboxylic acids is 1. The molecule has 1 amide bonds. The van der Waals surface area contributed by atoms with Crippen LogP contribution < -0.4 is 0 Å². The fraction of sp³-hybridized carbons (Fsp3) is 0.409. The number of ether oxygens (including phenoxy) is 1. The van der Waals surface area contributed by atoms with E-state index in [0.29, 0.717) is 35.8 Å². The van der Waals surface area contributed by atoms with Gasteiger partial charge in [-0.1, -0.05) is 35.3 Å². The topological polar surface area (TPSA) is 32.8 Å². The highest BCUT2D eigenvalue weighted by Crippen LogP contribution is 2.32. The number of likely N-dealkylation sites (tertiary alicyclic amines) is 1. The highest BCUT2D eigenvalue weighted by Gasteiger charge is 2.28. The molecule has 2 aliphatic rings. The summed E-state index contributed by atoms with van der Waals surface area (Å²) in [4.78, 5) is 17.1. The lowest BCUT2D eigenvalue weighted by molar-refractivity contribution is -0.0228. The van der Waals surface area contributed by atoms with Crippen LogP contribution in [0.15, 0.2) is 36.4 Å². The maximum Gasteiger partial charge on any atom is 0.254 e. The molecule has 0 unspecified atom stereocenters. The monoisotopic (exact) mass is 436 g/mol. The minimum atomic E-state index is -0.549. The lowest BCUT2D eigenvalue weighted by Gasteiger charge is -2.33. The van der Waals surface area contributed by atoms with Gasteiger partial charge in [0.25, 0.3) is 5.91 Å². The van der Waals surface area contributed by atoms with Crippen molar-refractivity contribution in [1.82, 2.24) is 9.80 Å². The van der Waals surface area contributed by atoms with E-state index in [0.717, 1.165) is 19.6 Å². The number of rotatable bonds is 4. The summed E-state index contributed by atoms with van der Waals surface area (Å²) >= 11 is 12.0. The van der Waals surface area contributed by atoms with Gasteiger partial charge in [-0.2, -0.15) is 0 Å². The number of nitrogens with zero attached hydrogens (tertiary/aromatic N) is 2. The molecule has 154 valence electrons. The predicted molar refractivity (Wildman–Crippen MR) is 112 cm³/mol. The largest absolute Gasteiger partial charge is 0.370 e. The Morgan fingerprint density at radius 3 is 2.52 bits per heavy atom. The molecular formula is C22H23Cl2FN2O2. The highest BCUT2D eigenvalue weighted by molar-refractivity contribution is 6.35. The second-order valence-electron chi connectivity index (χ2n) is 7.58. The first-order valence-corrected chi connectivity index (χ1v) is 10.6. The van der Waals surface area contributed by atoms with E-state index >= 15 is 0 Å². The summed E-state index contributed by atoms with van der Waals surface area (Å²) in [6.45, 7) is 4.37. The summed E-state index contributed by atoms with van der Waals surface area (Å²) in [5.74, 6) is -0.608. The first-order chi connectivity index (χ1) is 14.0. The zero-order valence-corrected chi connectivity index (χ0v) is 17.6. The van der Waals surface area contributed by atoms with E-state index in [1.807, 2.05) is 24.3 Å². The lowest BCUT2D eigenvalue weighted by atomic mass is 10.1. The Morgan fingerprint density at radius 1 is 1.07 bits per heavy atom. The van der Waals surface area contributed by atoms with Crippen molar-refractivity contribution in [1.29, 1.82) is 0 Å². The van der Waals surface area contributed by atoms with E-state index in [4.69, 9.17) is 27.9 Å². The molecule has 2 heterocycles. The molecule has 0 aliphatic carbocycles. The number of benzene rings is 2. The summed E-state index contributed by atoms with van der Waals surface area (Å²) in [5.41, 5.74) is 2.36. The number of morpholine rings is 1. The molecule has 1 atom stereocenters. The van der Waals surface area contributed by atoms with Crippen molar-refractivity contribution in [2.75, 3.05) is 32.8 Å². The van der Waals surface area contributed by atoms with Crippen LogP contribution in [0.4, 0.5) is 4.39 Å². The number of hydrogen-bond donors (Lipinski definition) is 0. The van der Waals surface area contributed by atoms with Crippen molar-refractivity contribution in [3.63, 3.8) is 0 Å². The number of amides is 1. The summed E-state index contributed by atoms with van der Waals surface area (Å²) in [7, 11) is 0. The van der Waals surface area contributed by atoms with Gasteiger partial charge >= 0.3 is 0 Å². The third-order valence-electron chi connectivity index (χ3n) is 5.55. The van der Waals surface area contributed by atoms with Crippen LogP contribution in [0.2, 0.25) is 10.0 Å². The Balaban J connectivity index is 1.44. The van der Waals surface area contributed by atoms with Crippen LogP contribution >= 0.6 is 23.2 Å². The first kappa shape index (κ1) is 20.6. The van der Waals surface area contributed by atoms with Crippen molar-refractivity contribution in [2.45, 2.75) is 25.5 Å². The van der Waals surface area contributed by atoms with Gasteiger partial charge in [0.15, 0.2) is 0 Å². The van der Waals surface area contributed by atoms with E-state index in [-0.39, 0.29) is 10.9 Å². The maximum absolute atomic E-state index is 13.9. The van der Waals surface area contributed by atoms with Gasteiger partial charge in [0, 0.05) is 29.2 Å². The third kappa shape index (κ3) is 4.75. The average molecular weight is 437 g/mol. The normalized spacial score (nSPS) is 20.2. The molecule has 0 N–H and O–H groups in total. The Kier molecular flexibility index (Phi) is 6.40. The van der Waals surface area contributed by atoms with Crippen LogP contribution in [0.1, 0.15) is 40.4 Å². The van der Waals surface area contributed by atoms with E-state index in [2.05, 4.69) is 4.90 Å².